The van der Waals surface area contributed by atoms with Gasteiger partial charge in [0.1, 0.15) is 5.75 Å². The van der Waals surface area contributed by atoms with E-state index in [1.54, 1.807) is 42.5 Å². The molecule has 0 atom stereocenters. The molecule has 0 unspecified atom stereocenters. The Morgan fingerprint density at radius 1 is 1.03 bits per heavy atom. The smallest absolute Gasteiger partial charge is 0.347 e. The molecule has 6 nitrogen and oxygen atoms in total. The number of benzene rings is 3. The molecule has 156 valence electrons. The Kier molecular flexibility index (Phi) is 5.80. The second-order valence-electron chi connectivity index (χ2n) is 7.47. The summed E-state index contributed by atoms with van der Waals surface area (Å²) in [6.07, 6.45) is 0. The van der Waals surface area contributed by atoms with Crippen LogP contribution in [0.2, 0.25) is 0 Å². The Morgan fingerprint density at radius 3 is 2.58 bits per heavy atom. The first kappa shape index (κ1) is 20.3. The molecular weight excluding hydrogens is 392 g/mol. The Bertz CT molecular complexity index is 1280. The molecule has 1 N–H and O–H groups in total. The van der Waals surface area contributed by atoms with Gasteiger partial charge < -0.3 is 14.5 Å². The molecule has 4 rings (SSSR count). The standard InChI is InChI=1S/C25H22N2O4/c1-16(2)17-10-12-20(13-11-17)30-15-23(28)26-19-7-5-6-18(14-19)24-27-22-9-4-3-8-21(22)25(29)31-24/h3-14,16H,15H2,1-2H3,(H,26,28). The molecule has 0 saturated carbocycles. The van der Waals surface area contributed by atoms with Gasteiger partial charge >= 0.3 is 5.63 Å². The Morgan fingerprint density at radius 2 is 1.81 bits per heavy atom. The van der Waals surface area contributed by atoms with E-state index in [1.807, 2.05) is 30.3 Å². The molecule has 0 saturated heterocycles. The number of nitrogens with zero attached hydrogens (tertiary/aromatic N) is 1. The van der Waals surface area contributed by atoms with Gasteiger partial charge in [0.25, 0.3) is 5.91 Å². The highest BCUT2D eigenvalue weighted by molar-refractivity contribution is 5.92. The number of aromatic nitrogens is 1. The number of carbonyl (C=O) groups is 1. The van der Waals surface area contributed by atoms with Crippen molar-refractivity contribution in [1.29, 1.82) is 0 Å². The molecule has 0 bridgehead atoms. The summed E-state index contributed by atoms with van der Waals surface area (Å²) >= 11 is 0. The summed E-state index contributed by atoms with van der Waals surface area (Å²) < 4.78 is 10.9. The lowest BCUT2D eigenvalue weighted by Gasteiger charge is -2.10. The van der Waals surface area contributed by atoms with Gasteiger partial charge in [0.15, 0.2) is 6.61 Å². The van der Waals surface area contributed by atoms with Gasteiger partial charge in [-0.05, 0) is 53.9 Å². The molecule has 0 radical (unpaired) electrons. The van der Waals surface area contributed by atoms with E-state index in [4.69, 9.17) is 9.15 Å². The number of amides is 1. The van der Waals surface area contributed by atoms with Crippen LogP contribution >= 0.6 is 0 Å². The average Bonchev–Trinajstić information content (AvgIpc) is 2.78. The summed E-state index contributed by atoms with van der Waals surface area (Å²) in [5.74, 6) is 0.973. The average molecular weight is 414 g/mol. The summed E-state index contributed by atoms with van der Waals surface area (Å²) in [6, 6.07) is 21.7. The fourth-order valence-corrected chi connectivity index (χ4v) is 3.17. The zero-order chi connectivity index (χ0) is 21.8. The molecule has 4 aromatic rings. The predicted molar refractivity (Wildman–Crippen MR) is 120 cm³/mol. The quantitative estimate of drug-likeness (QED) is 0.480. The predicted octanol–water partition coefficient (Wildman–Crippen LogP) is 5.00. The molecule has 0 aliphatic heterocycles. The largest absolute Gasteiger partial charge is 0.484 e. The van der Waals surface area contributed by atoms with Crippen molar-refractivity contribution in [3.63, 3.8) is 0 Å². The van der Waals surface area contributed by atoms with Gasteiger partial charge in [0.2, 0.25) is 5.89 Å². The van der Waals surface area contributed by atoms with E-state index in [0.29, 0.717) is 33.8 Å². The van der Waals surface area contributed by atoms with E-state index < -0.39 is 5.63 Å². The Labute approximate surface area is 179 Å². The molecule has 0 aliphatic rings. The van der Waals surface area contributed by atoms with E-state index >= 15 is 0 Å². The minimum absolute atomic E-state index is 0.117. The maximum Gasteiger partial charge on any atom is 0.347 e. The van der Waals surface area contributed by atoms with E-state index in [2.05, 4.69) is 24.1 Å². The highest BCUT2D eigenvalue weighted by Crippen LogP contribution is 2.22. The molecule has 1 aromatic heterocycles. The van der Waals surface area contributed by atoms with Gasteiger partial charge in [-0.25, -0.2) is 9.78 Å². The van der Waals surface area contributed by atoms with Gasteiger partial charge in [-0.3, -0.25) is 4.79 Å². The van der Waals surface area contributed by atoms with Crippen LogP contribution in [0.1, 0.15) is 25.3 Å². The normalized spacial score (nSPS) is 10.9. The number of hydrogen-bond donors (Lipinski definition) is 1. The van der Waals surface area contributed by atoms with Gasteiger partial charge in [-0.1, -0.05) is 44.2 Å². The van der Waals surface area contributed by atoms with E-state index in [-0.39, 0.29) is 18.4 Å². The first-order valence-electron chi connectivity index (χ1n) is 10.0. The summed E-state index contributed by atoms with van der Waals surface area (Å²) in [4.78, 5) is 29.0. The third kappa shape index (κ3) is 4.80. The number of hydrogen-bond acceptors (Lipinski definition) is 5. The first-order valence-corrected chi connectivity index (χ1v) is 10.0. The number of rotatable bonds is 6. The van der Waals surface area contributed by atoms with E-state index in [1.165, 1.54) is 5.56 Å². The second-order valence-corrected chi connectivity index (χ2v) is 7.47. The zero-order valence-corrected chi connectivity index (χ0v) is 17.3. The van der Waals surface area contributed by atoms with E-state index in [9.17, 15) is 9.59 Å². The minimum atomic E-state index is -0.452. The monoisotopic (exact) mass is 414 g/mol. The third-order valence-electron chi connectivity index (χ3n) is 4.85. The van der Waals surface area contributed by atoms with Crippen LogP contribution in [0.15, 0.2) is 82.0 Å². The summed E-state index contributed by atoms with van der Waals surface area (Å²) in [5, 5.41) is 3.22. The molecular formula is C25H22N2O4. The highest BCUT2D eigenvalue weighted by Gasteiger charge is 2.10. The van der Waals surface area contributed by atoms with Crippen LogP contribution in [0, 0.1) is 0 Å². The fourth-order valence-electron chi connectivity index (χ4n) is 3.17. The third-order valence-corrected chi connectivity index (χ3v) is 4.85. The maximum atomic E-state index is 12.3. The van der Waals surface area contributed by atoms with Crippen molar-refractivity contribution in [2.75, 3.05) is 11.9 Å². The van der Waals surface area contributed by atoms with Gasteiger partial charge in [0.05, 0.1) is 10.9 Å². The van der Waals surface area contributed by atoms with Crippen molar-refractivity contribution in [2.24, 2.45) is 0 Å². The number of fused-ring (bicyclic) bond motifs is 1. The molecule has 1 heterocycles. The first-order chi connectivity index (χ1) is 15.0. The van der Waals surface area contributed by atoms with Crippen molar-refractivity contribution in [3.8, 4) is 17.2 Å². The summed E-state index contributed by atoms with van der Waals surface area (Å²) in [7, 11) is 0. The van der Waals surface area contributed by atoms with Crippen molar-refractivity contribution < 1.29 is 13.9 Å². The van der Waals surface area contributed by atoms with Crippen LogP contribution in [0.3, 0.4) is 0 Å². The summed E-state index contributed by atoms with van der Waals surface area (Å²) in [5.41, 5.74) is 2.46. The van der Waals surface area contributed by atoms with Gasteiger partial charge in [-0.15, -0.1) is 0 Å². The fraction of sp³-hybridized carbons (Fsp3) is 0.160. The van der Waals surface area contributed by atoms with Crippen LogP contribution in [-0.4, -0.2) is 17.5 Å². The number of nitrogens with one attached hydrogen (secondary N) is 1. The lowest BCUT2D eigenvalue weighted by Crippen LogP contribution is -2.20. The van der Waals surface area contributed by atoms with Crippen molar-refractivity contribution in [1.82, 2.24) is 4.98 Å². The van der Waals surface area contributed by atoms with Gasteiger partial charge in [-0.2, -0.15) is 0 Å². The van der Waals surface area contributed by atoms with Crippen molar-refractivity contribution in [2.45, 2.75) is 19.8 Å². The Hall–Kier alpha value is -3.93. The second kappa shape index (κ2) is 8.83. The molecule has 0 fully saturated rings. The van der Waals surface area contributed by atoms with Crippen LogP contribution < -0.4 is 15.7 Å². The van der Waals surface area contributed by atoms with Crippen LogP contribution in [0.5, 0.6) is 5.75 Å². The number of para-hydroxylation sites is 1. The molecule has 1 amide bonds. The van der Waals surface area contributed by atoms with Crippen molar-refractivity contribution >= 4 is 22.5 Å². The number of ether oxygens (including phenoxy) is 1. The lowest BCUT2D eigenvalue weighted by molar-refractivity contribution is -0.118. The van der Waals surface area contributed by atoms with Crippen LogP contribution in [0.4, 0.5) is 5.69 Å². The maximum absolute atomic E-state index is 12.3. The van der Waals surface area contributed by atoms with E-state index in [0.717, 1.165) is 0 Å². The summed E-state index contributed by atoms with van der Waals surface area (Å²) in [6.45, 7) is 4.13. The zero-order valence-electron chi connectivity index (χ0n) is 17.3. The van der Waals surface area contributed by atoms with Crippen LogP contribution in [0.25, 0.3) is 22.4 Å². The number of anilines is 1. The molecule has 31 heavy (non-hydrogen) atoms. The molecule has 0 aliphatic carbocycles. The molecule has 0 spiro atoms. The van der Waals surface area contributed by atoms with Crippen LogP contribution in [-0.2, 0) is 4.79 Å². The molecule has 3 aromatic carbocycles. The Balaban J connectivity index is 1.45. The SMILES string of the molecule is CC(C)c1ccc(OCC(=O)Nc2cccc(-c3nc4ccccc4c(=O)o3)c2)cc1. The topological polar surface area (TPSA) is 81.4 Å². The molecule has 6 heteroatoms. The highest BCUT2D eigenvalue weighted by atomic mass is 16.5. The number of carbonyl (C=O) groups excluding carboxylic acids is 1. The minimum Gasteiger partial charge on any atom is -0.484 e. The van der Waals surface area contributed by atoms with Crippen molar-refractivity contribution in [3.05, 3.63) is 88.8 Å². The lowest BCUT2D eigenvalue weighted by atomic mass is 10.0. The van der Waals surface area contributed by atoms with Gasteiger partial charge in [0, 0.05) is 11.3 Å².